The van der Waals surface area contributed by atoms with Gasteiger partial charge in [0.2, 0.25) is 11.8 Å². The molecule has 94 valence electrons. The highest BCUT2D eigenvalue weighted by atomic mass is 16.2. The van der Waals surface area contributed by atoms with Crippen molar-refractivity contribution in [2.45, 2.75) is 52.1 Å². The molecule has 0 heterocycles. The molecule has 0 aromatic rings. The van der Waals surface area contributed by atoms with Gasteiger partial charge in [-0.15, -0.1) is 0 Å². The Labute approximate surface area is 97.2 Å². The molecule has 0 saturated heterocycles. The minimum absolute atomic E-state index is 0.137. The number of hydrogen-bond acceptors (Lipinski definition) is 3. The van der Waals surface area contributed by atoms with Gasteiger partial charge < -0.3 is 16.4 Å². The van der Waals surface area contributed by atoms with Gasteiger partial charge in [0.25, 0.3) is 0 Å². The zero-order chi connectivity index (χ0) is 12.8. The first-order chi connectivity index (χ1) is 7.26. The second kappa shape index (κ2) is 6.48. The number of carbonyl (C=O) groups is 2. The van der Waals surface area contributed by atoms with E-state index in [1.165, 1.54) is 0 Å². The van der Waals surface area contributed by atoms with E-state index in [9.17, 15) is 9.59 Å². The predicted molar refractivity (Wildman–Crippen MR) is 63.8 cm³/mol. The molecule has 0 aliphatic heterocycles. The Balaban J connectivity index is 4.01. The van der Waals surface area contributed by atoms with Gasteiger partial charge in [-0.2, -0.15) is 0 Å². The average molecular weight is 229 g/mol. The molecule has 4 N–H and O–H groups in total. The van der Waals surface area contributed by atoms with Gasteiger partial charge in [-0.1, -0.05) is 0 Å². The summed E-state index contributed by atoms with van der Waals surface area (Å²) in [4.78, 5) is 23.0. The molecule has 0 aliphatic rings. The largest absolute Gasteiger partial charge is 0.350 e. The van der Waals surface area contributed by atoms with Crippen molar-refractivity contribution < 1.29 is 9.59 Å². The first-order valence-corrected chi connectivity index (χ1v) is 5.57. The number of amides is 2. The Morgan fingerprint density at radius 1 is 1.31 bits per heavy atom. The number of carbonyl (C=O) groups excluding carboxylic acids is 2. The molecule has 5 nitrogen and oxygen atoms in total. The van der Waals surface area contributed by atoms with Crippen LogP contribution in [0, 0.1) is 0 Å². The van der Waals surface area contributed by atoms with Gasteiger partial charge in [-0.25, -0.2) is 0 Å². The van der Waals surface area contributed by atoms with E-state index < -0.39 is 6.04 Å². The molecule has 5 heteroatoms. The van der Waals surface area contributed by atoms with Crippen molar-refractivity contribution in [1.82, 2.24) is 10.6 Å². The van der Waals surface area contributed by atoms with Gasteiger partial charge >= 0.3 is 0 Å². The lowest BCUT2D eigenvalue weighted by molar-refractivity contribution is -0.129. The van der Waals surface area contributed by atoms with Gasteiger partial charge in [-0.05, 0) is 40.7 Å². The zero-order valence-electron chi connectivity index (χ0n) is 10.6. The minimum atomic E-state index is -0.510. The molecular weight excluding hydrogens is 206 g/mol. The number of hydrogen-bond donors (Lipinski definition) is 3. The third-order valence-electron chi connectivity index (χ3n) is 1.88. The van der Waals surface area contributed by atoms with Gasteiger partial charge in [0.05, 0.1) is 0 Å². The molecule has 0 rings (SSSR count). The summed E-state index contributed by atoms with van der Waals surface area (Å²) in [5, 5.41) is 5.43. The molecule has 16 heavy (non-hydrogen) atoms. The smallest absolute Gasteiger partial charge is 0.242 e. The molecule has 0 radical (unpaired) electrons. The summed E-state index contributed by atoms with van der Waals surface area (Å²) in [6, 6.07) is -0.510. The van der Waals surface area contributed by atoms with Gasteiger partial charge in [0.1, 0.15) is 6.04 Å². The number of nitrogens with two attached hydrogens (primary N) is 1. The Morgan fingerprint density at radius 3 is 2.31 bits per heavy atom. The lowest BCUT2D eigenvalue weighted by atomic mass is 10.1. The van der Waals surface area contributed by atoms with Crippen LogP contribution in [0.1, 0.15) is 40.5 Å². The predicted octanol–water partition coefficient (Wildman–Crippen LogP) is 0.145. The van der Waals surface area contributed by atoms with E-state index in [1.54, 1.807) is 6.92 Å². The van der Waals surface area contributed by atoms with Crippen molar-refractivity contribution in [1.29, 1.82) is 0 Å². The van der Waals surface area contributed by atoms with Crippen LogP contribution in [-0.2, 0) is 9.59 Å². The minimum Gasteiger partial charge on any atom is -0.350 e. The lowest BCUT2D eigenvalue weighted by Gasteiger charge is -2.23. The van der Waals surface area contributed by atoms with Gasteiger partial charge in [0.15, 0.2) is 0 Å². The zero-order valence-corrected chi connectivity index (χ0v) is 10.6. The normalized spacial score (nSPS) is 13.1. The molecule has 0 aromatic heterocycles. The highest BCUT2D eigenvalue weighted by molar-refractivity contribution is 5.87. The van der Waals surface area contributed by atoms with E-state index >= 15 is 0 Å². The van der Waals surface area contributed by atoms with Crippen molar-refractivity contribution in [2.75, 3.05) is 6.54 Å². The molecule has 0 aliphatic carbocycles. The third-order valence-corrected chi connectivity index (χ3v) is 1.88. The van der Waals surface area contributed by atoms with Crippen LogP contribution >= 0.6 is 0 Å². The standard InChI is InChI=1S/C11H23N3O2/c1-8(10(16)14-11(2,3)4)13-9(15)6-5-7-12/h8H,5-7,12H2,1-4H3,(H,13,15)(H,14,16). The van der Waals surface area contributed by atoms with Crippen LogP contribution in [0.4, 0.5) is 0 Å². The SMILES string of the molecule is CC(NC(=O)CCCN)C(=O)NC(C)(C)C. The molecule has 2 amide bonds. The summed E-state index contributed by atoms with van der Waals surface area (Å²) in [5.41, 5.74) is 5.01. The van der Waals surface area contributed by atoms with E-state index in [-0.39, 0.29) is 17.4 Å². The topological polar surface area (TPSA) is 84.2 Å². The summed E-state index contributed by atoms with van der Waals surface area (Å²) in [6.07, 6.45) is 1.00. The van der Waals surface area contributed by atoms with Crippen LogP contribution in [0.2, 0.25) is 0 Å². The fraction of sp³-hybridized carbons (Fsp3) is 0.818. The Bertz CT molecular complexity index is 246. The number of rotatable bonds is 5. The average Bonchev–Trinajstić information content (AvgIpc) is 2.11. The van der Waals surface area contributed by atoms with Crippen LogP contribution in [0.25, 0.3) is 0 Å². The van der Waals surface area contributed by atoms with Gasteiger partial charge in [0, 0.05) is 12.0 Å². The summed E-state index contributed by atoms with van der Waals surface area (Å²) >= 11 is 0. The molecule has 0 spiro atoms. The van der Waals surface area contributed by atoms with Crippen LogP contribution in [0.5, 0.6) is 0 Å². The summed E-state index contributed by atoms with van der Waals surface area (Å²) in [7, 11) is 0. The molecule has 0 bridgehead atoms. The molecule has 1 unspecified atom stereocenters. The van der Waals surface area contributed by atoms with Crippen molar-refractivity contribution in [2.24, 2.45) is 5.73 Å². The van der Waals surface area contributed by atoms with Crippen LogP contribution in [0.15, 0.2) is 0 Å². The first-order valence-electron chi connectivity index (χ1n) is 5.57. The Morgan fingerprint density at radius 2 is 1.88 bits per heavy atom. The molecule has 1 atom stereocenters. The van der Waals surface area contributed by atoms with E-state index in [2.05, 4.69) is 10.6 Å². The summed E-state index contributed by atoms with van der Waals surface area (Å²) < 4.78 is 0. The van der Waals surface area contributed by atoms with E-state index in [1.807, 2.05) is 20.8 Å². The second-order valence-corrected chi connectivity index (χ2v) is 4.92. The summed E-state index contributed by atoms with van der Waals surface area (Å²) in [5.74, 6) is -0.310. The van der Waals surface area contributed by atoms with E-state index in [0.717, 1.165) is 0 Å². The Hall–Kier alpha value is -1.10. The maximum Gasteiger partial charge on any atom is 0.242 e. The quantitative estimate of drug-likeness (QED) is 0.627. The van der Waals surface area contributed by atoms with Crippen molar-refractivity contribution in [3.8, 4) is 0 Å². The van der Waals surface area contributed by atoms with E-state index in [0.29, 0.717) is 19.4 Å². The fourth-order valence-electron chi connectivity index (χ4n) is 1.12. The maximum absolute atomic E-state index is 11.6. The van der Waals surface area contributed by atoms with Crippen molar-refractivity contribution >= 4 is 11.8 Å². The third kappa shape index (κ3) is 7.23. The van der Waals surface area contributed by atoms with Crippen LogP contribution in [0.3, 0.4) is 0 Å². The van der Waals surface area contributed by atoms with E-state index in [4.69, 9.17) is 5.73 Å². The molecular formula is C11H23N3O2. The van der Waals surface area contributed by atoms with Crippen molar-refractivity contribution in [3.05, 3.63) is 0 Å². The molecule has 0 aromatic carbocycles. The van der Waals surface area contributed by atoms with Crippen molar-refractivity contribution in [3.63, 3.8) is 0 Å². The second-order valence-electron chi connectivity index (χ2n) is 4.92. The summed E-state index contributed by atoms with van der Waals surface area (Å²) in [6.45, 7) is 7.84. The lowest BCUT2D eigenvalue weighted by Crippen LogP contribution is -2.50. The van der Waals surface area contributed by atoms with Gasteiger partial charge in [-0.3, -0.25) is 9.59 Å². The first kappa shape index (κ1) is 14.9. The highest BCUT2D eigenvalue weighted by Gasteiger charge is 2.20. The van der Waals surface area contributed by atoms with Crippen LogP contribution in [-0.4, -0.2) is 29.9 Å². The molecule has 0 fully saturated rings. The maximum atomic E-state index is 11.6. The van der Waals surface area contributed by atoms with Crippen LogP contribution < -0.4 is 16.4 Å². The fourth-order valence-corrected chi connectivity index (χ4v) is 1.12. The monoisotopic (exact) mass is 229 g/mol. The number of nitrogens with one attached hydrogen (secondary N) is 2. The Kier molecular flexibility index (Phi) is 6.03. The molecule has 0 saturated carbocycles. The highest BCUT2D eigenvalue weighted by Crippen LogP contribution is 1.99.